The normalized spacial score (nSPS) is 23.3. The van der Waals surface area contributed by atoms with E-state index in [-0.39, 0.29) is 18.0 Å². The van der Waals surface area contributed by atoms with Crippen LogP contribution in [-0.2, 0) is 17.9 Å². The smallest absolute Gasteiger partial charge is 0.224 e. The topological polar surface area (TPSA) is 36.4 Å². The van der Waals surface area contributed by atoms with Crippen LogP contribution in [0.4, 0.5) is 0 Å². The molecule has 25 heavy (non-hydrogen) atoms. The van der Waals surface area contributed by atoms with Gasteiger partial charge in [0.15, 0.2) is 0 Å². The predicted octanol–water partition coefficient (Wildman–Crippen LogP) is 3.76. The Morgan fingerprint density at radius 1 is 1.04 bits per heavy atom. The third-order valence-electron chi connectivity index (χ3n) is 5.25. The number of rotatable bonds is 4. The third-order valence-corrected chi connectivity index (χ3v) is 5.96. The molecule has 0 radical (unpaired) electrons. The Hall–Kier alpha value is -1.62. The van der Waals surface area contributed by atoms with E-state index in [4.69, 9.17) is 23.2 Å². The van der Waals surface area contributed by atoms with Gasteiger partial charge in [-0.05, 0) is 36.2 Å². The fraction of sp³-hybridized carbons (Fsp3) is 0.368. The van der Waals surface area contributed by atoms with Gasteiger partial charge in [-0.2, -0.15) is 0 Å². The SMILES string of the molecule is O=C1C[C@H]2[C@H](CCN2Cc2ccncc2)N1Cc1c(Cl)cccc1Cl. The molecule has 2 aliphatic heterocycles. The van der Waals surface area contributed by atoms with Gasteiger partial charge < -0.3 is 4.90 Å². The maximum absolute atomic E-state index is 12.6. The van der Waals surface area contributed by atoms with Gasteiger partial charge in [0, 0.05) is 66.1 Å². The number of carbonyl (C=O) groups is 1. The number of likely N-dealkylation sites (tertiary alicyclic amines) is 2. The number of amides is 1. The van der Waals surface area contributed by atoms with E-state index >= 15 is 0 Å². The van der Waals surface area contributed by atoms with Crippen LogP contribution in [0.5, 0.6) is 0 Å². The molecule has 4 rings (SSSR count). The maximum atomic E-state index is 12.6. The van der Waals surface area contributed by atoms with Gasteiger partial charge in [-0.3, -0.25) is 14.7 Å². The molecule has 0 spiro atoms. The molecule has 4 nitrogen and oxygen atoms in total. The molecule has 2 atom stereocenters. The van der Waals surface area contributed by atoms with E-state index in [1.807, 2.05) is 47.6 Å². The van der Waals surface area contributed by atoms with Crippen LogP contribution >= 0.6 is 23.2 Å². The van der Waals surface area contributed by atoms with E-state index in [0.717, 1.165) is 25.1 Å². The summed E-state index contributed by atoms with van der Waals surface area (Å²) in [6, 6.07) is 10.0. The fourth-order valence-electron chi connectivity index (χ4n) is 3.99. The largest absolute Gasteiger partial charge is 0.334 e. The molecule has 6 heteroatoms. The molecule has 1 aromatic carbocycles. The summed E-state index contributed by atoms with van der Waals surface area (Å²) in [5.41, 5.74) is 2.07. The van der Waals surface area contributed by atoms with Crippen LogP contribution < -0.4 is 0 Å². The van der Waals surface area contributed by atoms with Gasteiger partial charge >= 0.3 is 0 Å². The first kappa shape index (κ1) is 16.8. The Morgan fingerprint density at radius 3 is 2.48 bits per heavy atom. The minimum Gasteiger partial charge on any atom is -0.334 e. The van der Waals surface area contributed by atoms with Crippen molar-refractivity contribution in [2.75, 3.05) is 6.54 Å². The number of hydrogen-bond acceptors (Lipinski definition) is 3. The summed E-state index contributed by atoms with van der Waals surface area (Å²) in [6.45, 7) is 2.34. The lowest BCUT2D eigenvalue weighted by atomic mass is 10.1. The van der Waals surface area contributed by atoms with Crippen molar-refractivity contribution in [2.45, 2.75) is 38.0 Å². The number of benzene rings is 1. The van der Waals surface area contributed by atoms with Crippen molar-refractivity contribution in [3.63, 3.8) is 0 Å². The molecule has 0 N–H and O–H groups in total. The lowest BCUT2D eigenvalue weighted by molar-refractivity contribution is -0.129. The number of fused-ring (bicyclic) bond motifs is 1. The fourth-order valence-corrected chi connectivity index (χ4v) is 4.50. The number of aromatic nitrogens is 1. The van der Waals surface area contributed by atoms with Crippen molar-refractivity contribution in [3.8, 4) is 0 Å². The summed E-state index contributed by atoms with van der Waals surface area (Å²) in [5.74, 6) is 0.186. The van der Waals surface area contributed by atoms with E-state index in [1.54, 1.807) is 0 Å². The van der Waals surface area contributed by atoms with E-state index in [1.165, 1.54) is 5.56 Å². The molecule has 2 saturated heterocycles. The molecular weight excluding hydrogens is 357 g/mol. The molecule has 0 aliphatic carbocycles. The molecule has 2 aliphatic rings. The summed E-state index contributed by atoms with van der Waals surface area (Å²) in [7, 11) is 0. The number of pyridine rings is 1. The quantitative estimate of drug-likeness (QED) is 0.815. The van der Waals surface area contributed by atoms with E-state index in [2.05, 4.69) is 9.88 Å². The Balaban J connectivity index is 1.51. The average Bonchev–Trinajstić information content (AvgIpc) is 3.12. The summed E-state index contributed by atoms with van der Waals surface area (Å²) >= 11 is 12.6. The van der Waals surface area contributed by atoms with Crippen LogP contribution in [0.2, 0.25) is 10.0 Å². The van der Waals surface area contributed by atoms with Crippen LogP contribution in [-0.4, -0.2) is 39.3 Å². The van der Waals surface area contributed by atoms with E-state index in [0.29, 0.717) is 23.0 Å². The van der Waals surface area contributed by atoms with Crippen molar-refractivity contribution < 1.29 is 4.79 Å². The second-order valence-electron chi connectivity index (χ2n) is 6.68. The van der Waals surface area contributed by atoms with Crippen molar-refractivity contribution in [2.24, 2.45) is 0 Å². The second kappa shape index (κ2) is 6.94. The number of halogens is 2. The Morgan fingerprint density at radius 2 is 1.76 bits per heavy atom. The first-order valence-corrected chi connectivity index (χ1v) is 9.24. The molecule has 1 amide bonds. The molecular formula is C19H19Cl2N3O. The summed E-state index contributed by atoms with van der Waals surface area (Å²) in [6.07, 6.45) is 5.18. The maximum Gasteiger partial charge on any atom is 0.224 e. The number of carbonyl (C=O) groups excluding carboxylic acids is 1. The monoisotopic (exact) mass is 375 g/mol. The predicted molar refractivity (Wildman–Crippen MR) is 98.5 cm³/mol. The zero-order valence-electron chi connectivity index (χ0n) is 13.7. The highest BCUT2D eigenvalue weighted by Crippen LogP contribution is 2.36. The first-order valence-electron chi connectivity index (χ1n) is 8.49. The Bertz CT molecular complexity index is 763. The molecule has 0 saturated carbocycles. The second-order valence-corrected chi connectivity index (χ2v) is 7.49. The average molecular weight is 376 g/mol. The van der Waals surface area contributed by atoms with Crippen LogP contribution in [0.1, 0.15) is 24.0 Å². The Labute approximate surface area is 157 Å². The van der Waals surface area contributed by atoms with Crippen LogP contribution in [0.25, 0.3) is 0 Å². The summed E-state index contributed by atoms with van der Waals surface area (Å²) < 4.78 is 0. The number of nitrogens with zero attached hydrogens (tertiary/aromatic N) is 3. The van der Waals surface area contributed by atoms with E-state index in [9.17, 15) is 4.79 Å². The van der Waals surface area contributed by atoms with Crippen LogP contribution in [0.3, 0.4) is 0 Å². The van der Waals surface area contributed by atoms with Gasteiger partial charge in [0.1, 0.15) is 0 Å². The summed E-state index contributed by atoms with van der Waals surface area (Å²) in [4.78, 5) is 21.1. The Kier molecular flexibility index (Phi) is 4.67. The van der Waals surface area contributed by atoms with Crippen molar-refractivity contribution in [1.29, 1.82) is 0 Å². The van der Waals surface area contributed by atoms with Crippen molar-refractivity contribution in [1.82, 2.24) is 14.8 Å². The highest BCUT2D eigenvalue weighted by Gasteiger charge is 2.46. The highest BCUT2D eigenvalue weighted by molar-refractivity contribution is 6.36. The highest BCUT2D eigenvalue weighted by atomic mass is 35.5. The van der Waals surface area contributed by atoms with Gasteiger partial charge in [0.05, 0.1) is 0 Å². The van der Waals surface area contributed by atoms with Crippen LogP contribution in [0, 0.1) is 0 Å². The van der Waals surface area contributed by atoms with E-state index < -0.39 is 0 Å². The first-order chi connectivity index (χ1) is 12.1. The molecule has 3 heterocycles. The number of hydrogen-bond donors (Lipinski definition) is 0. The molecule has 2 aromatic rings. The standard InChI is InChI=1S/C19H19Cl2N3O/c20-15-2-1-3-16(21)14(15)12-24-17-6-9-23(18(17)10-19(24)25)11-13-4-7-22-8-5-13/h1-5,7-8,17-18H,6,9-12H2/t17-,18-/m0/s1. The zero-order valence-corrected chi connectivity index (χ0v) is 15.2. The van der Waals surface area contributed by atoms with Gasteiger partial charge in [-0.25, -0.2) is 0 Å². The molecule has 0 unspecified atom stereocenters. The van der Waals surface area contributed by atoms with Gasteiger partial charge in [0.2, 0.25) is 5.91 Å². The minimum absolute atomic E-state index is 0.186. The summed E-state index contributed by atoms with van der Waals surface area (Å²) in [5, 5.41) is 1.24. The van der Waals surface area contributed by atoms with Gasteiger partial charge in [0.25, 0.3) is 0 Å². The molecule has 1 aromatic heterocycles. The third kappa shape index (κ3) is 3.26. The van der Waals surface area contributed by atoms with Gasteiger partial charge in [-0.1, -0.05) is 29.3 Å². The molecule has 0 bridgehead atoms. The zero-order chi connectivity index (χ0) is 17.4. The van der Waals surface area contributed by atoms with Crippen LogP contribution in [0.15, 0.2) is 42.7 Å². The lowest BCUT2D eigenvalue weighted by Crippen LogP contribution is -2.36. The molecule has 2 fully saturated rings. The molecule has 130 valence electrons. The minimum atomic E-state index is 0.186. The van der Waals surface area contributed by atoms with Crippen molar-refractivity contribution in [3.05, 3.63) is 63.9 Å². The lowest BCUT2D eigenvalue weighted by Gasteiger charge is -2.26. The van der Waals surface area contributed by atoms with Gasteiger partial charge in [-0.15, -0.1) is 0 Å². The van der Waals surface area contributed by atoms with Crippen molar-refractivity contribution >= 4 is 29.1 Å².